The summed E-state index contributed by atoms with van der Waals surface area (Å²) in [6.07, 6.45) is 0. The molecule has 0 unspecified atom stereocenters. The summed E-state index contributed by atoms with van der Waals surface area (Å²) in [6, 6.07) is 2.29. The van der Waals surface area contributed by atoms with Gasteiger partial charge in [-0.2, -0.15) is 11.6 Å². The second-order valence-corrected chi connectivity index (χ2v) is 3.21. The van der Waals surface area contributed by atoms with Crippen molar-refractivity contribution >= 4 is 46.4 Å². The van der Waals surface area contributed by atoms with Crippen LogP contribution in [0.3, 0.4) is 0 Å². The molecule has 0 aromatic heterocycles. The van der Waals surface area contributed by atoms with Gasteiger partial charge in [-0.15, -0.1) is 40.9 Å². The first kappa shape index (κ1) is 13.4. The molecule has 1 rings (SSSR count). The maximum absolute atomic E-state index is 12.7. The average molecular weight is 322 g/mol. The molecule has 1 aromatic rings. The summed E-state index contributed by atoms with van der Waals surface area (Å²) in [5.74, 6) is -0.803. The van der Waals surface area contributed by atoms with E-state index in [1.54, 1.807) is 0 Å². The molecule has 0 atom stereocenters. The van der Waals surface area contributed by atoms with Crippen LogP contribution in [0.4, 0.5) is 4.39 Å². The van der Waals surface area contributed by atoms with Crippen molar-refractivity contribution in [3.05, 3.63) is 32.0 Å². The van der Waals surface area contributed by atoms with Crippen LogP contribution in [-0.4, -0.2) is 0 Å². The first-order valence-electron chi connectivity index (χ1n) is 2.44. The van der Waals surface area contributed by atoms with Crippen molar-refractivity contribution in [1.82, 2.24) is 0 Å². The number of halogens is 5. The largest absolute Gasteiger partial charge is 0.281 e. The molecule has 0 fully saturated rings. The van der Waals surface area contributed by atoms with E-state index >= 15 is 0 Å². The SMILES string of the molecule is Fc1c(Cl)[c-]c(Cl)c(Cl)c1Cl.[Y]. The van der Waals surface area contributed by atoms with E-state index in [1.165, 1.54) is 0 Å². The van der Waals surface area contributed by atoms with Gasteiger partial charge in [0.25, 0.3) is 0 Å². The summed E-state index contributed by atoms with van der Waals surface area (Å²) in [5, 5.41) is -0.594. The number of benzene rings is 1. The smallest absolute Gasteiger partial charge is 0.0465 e. The van der Waals surface area contributed by atoms with Crippen molar-refractivity contribution in [2.75, 3.05) is 0 Å². The molecule has 1 radical (unpaired) electrons. The van der Waals surface area contributed by atoms with E-state index in [1.807, 2.05) is 0 Å². The maximum Gasteiger partial charge on any atom is 0.0465 e. The topological polar surface area (TPSA) is 0 Å². The van der Waals surface area contributed by atoms with Crippen LogP contribution in [0.5, 0.6) is 0 Å². The van der Waals surface area contributed by atoms with Crippen molar-refractivity contribution in [2.45, 2.75) is 0 Å². The van der Waals surface area contributed by atoms with Crippen molar-refractivity contribution in [2.24, 2.45) is 0 Å². The van der Waals surface area contributed by atoms with Crippen molar-refractivity contribution < 1.29 is 37.1 Å². The molecular weight excluding hydrogens is 322 g/mol. The fourth-order valence-corrected chi connectivity index (χ4v) is 1.34. The van der Waals surface area contributed by atoms with Crippen LogP contribution in [0.1, 0.15) is 0 Å². The Kier molecular flexibility index (Phi) is 5.96. The monoisotopic (exact) mass is 320 g/mol. The molecule has 0 heterocycles. The first-order chi connectivity index (χ1) is 5.04. The second kappa shape index (κ2) is 5.33. The van der Waals surface area contributed by atoms with Crippen LogP contribution in [0.25, 0.3) is 0 Å². The Morgan fingerprint density at radius 3 is 1.92 bits per heavy atom. The summed E-state index contributed by atoms with van der Waals surface area (Å²) in [6.45, 7) is 0. The minimum atomic E-state index is -0.803. The molecule has 63 valence electrons. The Morgan fingerprint density at radius 2 is 1.42 bits per heavy atom. The minimum absolute atomic E-state index is 0. The zero-order valence-electron chi connectivity index (χ0n) is 5.47. The third-order valence-corrected chi connectivity index (χ3v) is 2.46. The van der Waals surface area contributed by atoms with Gasteiger partial charge in [-0.1, -0.05) is 5.02 Å². The number of rotatable bonds is 0. The van der Waals surface area contributed by atoms with Crippen LogP contribution >= 0.6 is 46.4 Å². The van der Waals surface area contributed by atoms with Gasteiger partial charge in [-0.25, -0.2) is 0 Å². The van der Waals surface area contributed by atoms with Gasteiger partial charge in [0.1, 0.15) is 0 Å². The molecule has 0 amide bonds. The van der Waals surface area contributed by atoms with Gasteiger partial charge in [0.05, 0.1) is 0 Å². The summed E-state index contributed by atoms with van der Waals surface area (Å²) in [4.78, 5) is 0. The fraction of sp³-hybridized carbons (Fsp3) is 0. The average Bonchev–Trinajstić information content (AvgIpc) is 1.97. The molecule has 0 aliphatic carbocycles. The minimum Gasteiger partial charge on any atom is -0.281 e. The molecule has 1 aromatic carbocycles. The van der Waals surface area contributed by atoms with Crippen LogP contribution in [0.15, 0.2) is 0 Å². The van der Waals surface area contributed by atoms with Crippen molar-refractivity contribution in [1.29, 1.82) is 0 Å². The molecule has 0 aliphatic rings. The van der Waals surface area contributed by atoms with Gasteiger partial charge in [-0.3, -0.25) is 4.39 Å². The Hall–Kier alpha value is 1.41. The molecule has 0 bridgehead atoms. The standard InChI is InChI=1S/C6Cl4F.Y/c7-2-1-3(8)6(11)5(10)4(2)9;/q-1;. The Bertz CT molecular complexity index is 276. The predicted molar refractivity (Wildman–Crippen MR) is 45.3 cm³/mol. The van der Waals surface area contributed by atoms with Crippen molar-refractivity contribution in [3.63, 3.8) is 0 Å². The molecular formula is C6Cl4FY-. The predicted octanol–water partition coefficient (Wildman–Crippen LogP) is 4.24. The van der Waals surface area contributed by atoms with Crippen LogP contribution < -0.4 is 0 Å². The third-order valence-electron chi connectivity index (χ3n) is 0.990. The Morgan fingerprint density at radius 1 is 0.917 bits per heavy atom. The molecule has 0 N–H and O–H groups in total. The summed E-state index contributed by atoms with van der Waals surface area (Å²) >= 11 is 21.7. The van der Waals surface area contributed by atoms with Crippen molar-refractivity contribution in [3.8, 4) is 0 Å². The molecule has 0 saturated carbocycles. The first-order valence-corrected chi connectivity index (χ1v) is 3.96. The molecule has 0 saturated heterocycles. The Balaban J connectivity index is 0.00000121. The van der Waals surface area contributed by atoms with Gasteiger partial charge in [0.15, 0.2) is 0 Å². The number of hydrogen-bond acceptors (Lipinski definition) is 0. The second-order valence-electron chi connectivity index (χ2n) is 1.69. The summed E-state index contributed by atoms with van der Waals surface area (Å²) < 4.78 is 12.7. The molecule has 0 spiro atoms. The number of hydrogen-bond donors (Lipinski definition) is 0. The van der Waals surface area contributed by atoms with E-state index in [-0.39, 0.29) is 52.8 Å². The molecule has 6 heteroatoms. The van der Waals surface area contributed by atoms with Gasteiger partial charge >= 0.3 is 0 Å². The normalized spacial score (nSPS) is 9.42. The molecule has 0 nitrogen and oxygen atoms in total. The van der Waals surface area contributed by atoms with Crippen LogP contribution in [0, 0.1) is 11.9 Å². The van der Waals surface area contributed by atoms with E-state index in [0.29, 0.717) is 0 Å². The van der Waals surface area contributed by atoms with E-state index in [0.717, 1.165) is 0 Å². The Labute approximate surface area is 114 Å². The molecule has 0 aliphatic heterocycles. The van der Waals surface area contributed by atoms with Gasteiger partial charge in [0, 0.05) is 38.5 Å². The van der Waals surface area contributed by atoms with E-state index in [4.69, 9.17) is 46.4 Å². The zero-order chi connectivity index (χ0) is 8.59. The summed E-state index contributed by atoms with van der Waals surface area (Å²) in [7, 11) is 0. The summed E-state index contributed by atoms with van der Waals surface area (Å²) in [5.41, 5.74) is 0. The zero-order valence-corrected chi connectivity index (χ0v) is 11.3. The van der Waals surface area contributed by atoms with E-state index in [9.17, 15) is 4.39 Å². The van der Waals surface area contributed by atoms with E-state index < -0.39 is 5.82 Å². The van der Waals surface area contributed by atoms with Gasteiger partial charge < -0.3 is 0 Å². The van der Waals surface area contributed by atoms with Gasteiger partial charge in [0.2, 0.25) is 0 Å². The fourth-order valence-electron chi connectivity index (χ4n) is 0.495. The quantitative estimate of drug-likeness (QED) is 0.381. The maximum atomic E-state index is 12.7. The van der Waals surface area contributed by atoms with Crippen LogP contribution in [0.2, 0.25) is 20.1 Å². The third kappa shape index (κ3) is 2.70. The van der Waals surface area contributed by atoms with Crippen LogP contribution in [-0.2, 0) is 32.7 Å². The van der Waals surface area contributed by atoms with E-state index in [2.05, 4.69) is 6.07 Å². The molecule has 12 heavy (non-hydrogen) atoms. The van der Waals surface area contributed by atoms with Gasteiger partial charge in [-0.05, 0) is 15.1 Å².